The molecule has 6 rings (SSSR count). The highest BCUT2D eigenvalue weighted by Gasteiger charge is 2.61. The predicted molar refractivity (Wildman–Crippen MR) is 117 cm³/mol. The Kier molecular flexibility index (Phi) is 5.18. The number of carbonyl (C=O) groups is 4. The molecule has 2 aliphatic heterocycles. The highest BCUT2D eigenvalue weighted by atomic mass is 19.2. The molecule has 184 valence electrons. The van der Waals surface area contributed by atoms with E-state index in [1.165, 1.54) is 6.20 Å². The molecule has 9 heteroatoms. The summed E-state index contributed by atoms with van der Waals surface area (Å²) in [7, 11) is 0. The van der Waals surface area contributed by atoms with Crippen LogP contribution in [-0.4, -0.2) is 71.5 Å². The van der Waals surface area contributed by atoms with Crippen molar-refractivity contribution in [2.75, 3.05) is 6.61 Å². The van der Waals surface area contributed by atoms with E-state index in [4.69, 9.17) is 9.47 Å². The van der Waals surface area contributed by atoms with Crippen LogP contribution < -0.4 is 0 Å². The van der Waals surface area contributed by atoms with Gasteiger partial charge < -0.3 is 14.4 Å². The molecule has 1 aromatic rings. The lowest BCUT2D eigenvalue weighted by Crippen LogP contribution is -2.71. The second-order valence-electron chi connectivity index (χ2n) is 10.0. The number of Topliss-reactive ketones (excluding diaryl/α,β-unsaturated/α-hetero) is 3. The van der Waals surface area contributed by atoms with Crippen molar-refractivity contribution in [1.29, 1.82) is 0 Å². The molecule has 0 radical (unpaired) electrons. The Bertz CT molecular complexity index is 1170. The molecule has 2 heterocycles. The number of hydrogen-bond acceptors (Lipinski definition) is 7. The summed E-state index contributed by atoms with van der Waals surface area (Å²) in [6.07, 6.45) is -4.25. The van der Waals surface area contributed by atoms with Crippen molar-refractivity contribution in [3.8, 4) is 0 Å². The fourth-order valence-corrected chi connectivity index (χ4v) is 6.81. The fourth-order valence-electron chi connectivity index (χ4n) is 6.81. The lowest BCUT2D eigenvalue weighted by Gasteiger charge is -2.59. The Morgan fingerprint density at radius 1 is 1.00 bits per heavy atom. The van der Waals surface area contributed by atoms with Gasteiger partial charge in [0.2, 0.25) is 0 Å². The van der Waals surface area contributed by atoms with Gasteiger partial charge in [0, 0.05) is 35.1 Å². The molecule has 35 heavy (non-hydrogen) atoms. The molecule has 0 amide bonds. The number of nitrogens with zero attached hydrogens (tertiary/aromatic N) is 1. The molecule has 0 N–H and O–H groups in total. The zero-order chi connectivity index (χ0) is 24.6. The van der Waals surface area contributed by atoms with Gasteiger partial charge in [0.15, 0.2) is 23.5 Å². The summed E-state index contributed by atoms with van der Waals surface area (Å²) in [5.74, 6) is -3.82. The average molecular weight is 485 g/mol. The summed E-state index contributed by atoms with van der Waals surface area (Å²) in [6, 6.07) is 5.45. The van der Waals surface area contributed by atoms with Gasteiger partial charge in [-0.05, 0) is 26.2 Å². The summed E-state index contributed by atoms with van der Waals surface area (Å²) >= 11 is 0. The largest absolute Gasteiger partial charge is 0.462 e. The van der Waals surface area contributed by atoms with E-state index in [-0.39, 0.29) is 43.0 Å². The molecule has 2 saturated carbocycles. The number of carbonyl (C=O) groups excluding carboxylic acids is 4. The van der Waals surface area contributed by atoms with Crippen molar-refractivity contribution in [3.05, 3.63) is 47.2 Å². The third kappa shape index (κ3) is 3.16. The number of halogens is 2. The van der Waals surface area contributed by atoms with Gasteiger partial charge in [-0.2, -0.15) is 0 Å². The molecular formula is C26H25F2NO6. The maximum absolute atomic E-state index is 15.1. The number of morpholine rings is 1. The van der Waals surface area contributed by atoms with Crippen molar-refractivity contribution in [1.82, 2.24) is 4.90 Å². The van der Waals surface area contributed by atoms with E-state index in [0.29, 0.717) is 11.1 Å². The van der Waals surface area contributed by atoms with Crippen molar-refractivity contribution in [2.24, 2.45) is 17.8 Å². The van der Waals surface area contributed by atoms with Crippen molar-refractivity contribution in [2.45, 2.75) is 62.8 Å². The van der Waals surface area contributed by atoms with Gasteiger partial charge in [0.1, 0.15) is 17.8 Å². The van der Waals surface area contributed by atoms with Crippen molar-refractivity contribution < 1.29 is 37.4 Å². The van der Waals surface area contributed by atoms with E-state index in [0.717, 1.165) is 0 Å². The first-order valence-electron chi connectivity index (χ1n) is 12.1. The summed E-state index contributed by atoms with van der Waals surface area (Å²) in [4.78, 5) is 54.1. The van der Waals surface area contributed by atoms with Crippen LogP contribution in [0.15, 0.2) is 36.0 Å². The van der Waals surface area contributed by atoms with Crippen LogP contribution in [0.5, 0.6) is 0 Å². The molecule has 3 aliphatic carbocycles. The van der Waals surface area contributed by atoms with Gasteiger partial charge in [-0.15, -0.1) is 0 Å². The molecule has 1 saturated heterocycles. The quantitative estimate of drug-likeness (QED) is 0.470. The van der Waals surface area contributed by atoms with Gasteiger partial charge in [-0.25, -0.2) is 13.6 Å². The predicted octanol–water partition coefficient (Wildman–Crippen LogP) is 2.62. The molecule has 0 spiro atoms. The molecule has 0 bridgehead atoms. The first-order valence-corrected chi connectivity index (χ1v) is 12.1. The van der Waals surface area contributed by atoms with E-state index in [1.54, 1.807) is 36.1 Å². The third-order valence-corrected chi connectivity index (χ3v) is 8.35. The summed E-state index contributed by atoms with van der Waals surface area (Å²) in [6.45, 7) is 1.68. The van der Waals surface area contributed by atoms with Crippen molar-refractivity contribution >= 4 is 23.3 Å². The number of hydrogen-bond donors (Lipinski definition) is 0. The Hall–Kier alpha value is -2.94. The highest BCUT2D eigenvalue weighted by Crippen LogP contribution is 2.50. The van der Waals surface area contributed by atoms with E-state index in [2.05, 4.69) is 0 Å². The Labute approximate surface area is 200 Å². The van der Waals surface area contributed by atoms with E-state index in [1.807, 2.05) is 0 Å². The maximum Gasteiger partial charge on any atom is 0.343 e. The van der Waals surface area contributed by atoms with E-state index < -0.39 is 66.1 Å². The van der Waals surface area contributed by atoms with Crippen LogP contribution in [0.25, 0.3) is 0 Å². The van der Waals surface area contributed by atoms with Gasteiger partial charge >= 0.3 is 5.97 Å². The summed E-state index contributed by atoms with van der Waals surface area (Å²) < 4.78 is 40.9. The number of esters is 1. The topological polar surface area (TPSA) is 90.0 Å². The number of fused-ring (bicyclic) bond motifs is 4. The number of rotatable bonds is 2. The maximum atomic E-state index is 15.1. The van der Waals surface area contributed by atoms with Crippen LogP contribution in [0.1, 0.15) is 46.9 Å². The number of ketones is 3. The summed E-state index contributed by atoms with van der Waals surface area (Å²) in [5.41, 5.74) is 0.572. The first-order chi connectivity index (χ1) is 16.8. The molecule has 7 nitrogen and oxygen atoms in total. The fraction of sp³-hybridized carbons (Fsp3) is 0.538. The summed E-state index contributed by atoms with van der Waals surface area (Å²) in [5, 5.41) is 0. The minimum atomic E-state index is -1.94. The van der Waals surface area contributed by atoms with E-state index in [9.17, 15) is 23.6 Å². The highest BCUT2D eigenvalue weighted by molar-refractivity contribution is 6.19. The lowest BCUT2D eigenvalue weighted by molar-refractivity contribution is -0.214. The SMILES string of the molecule is CCOC(=O)C1=CN2C3CC4C(=O)c5ccccc5C(=O)C4CC3OC3C(F)C(F)CC(C1=O)C32. The van der Waals surface area contributed by atoms with Gasteiger partial charge in [-0.3, -0.25) is 14.4 Å². The van der Waals surface area contributed by atoms with Crippen LogP contribution in [0, 0.1) is 17.8 Å². The molecule has 3 fully saturated rings. The third-order valence-electron chi connectivity index (χ3n) is 8.35. The zero-order valence-electron chi connectivity index (χ0n) is 19.1. The van der Waals surface area contributed by atoms with Crippen LogP contribution in [0.4, 0.5) is 8.78 Å². The molecule has 0 aromatic heterocycles. The minimum Gasteiger partial charge on any atom is -0.462 e. The van der Waals surface area contributed by atoms with Crippen LogP contribution in [-0.2, 0) is 19.1 Å². The number of benzene rings is 1. The average Bonchev–Trinajstić information content (AvgIpc) is 2.86. The van der Waals surface area contributed by atoms with Crippen LogP contribution in [0.3, 0.4) is 0 Å². The van der Waals surface area contributed by atoms with E-state index >= 15 is 4.39 Å². The van der Waals surface area contributed by atoms with Crippen LogP contribution in [0.2, 0.25) is 0 Å². The lowest BCUT2D eigenvalue weighted by atomic mass is 9.63. The Morgan fingerprint density at radius 3 is 2.31 bits per heavy atom. The number of ether oxygens (including phenoxy) is 2. The normalized spacial score (nSPS) is 39.6. The van der Waals surface area contributed by atoms with Crippen LogP contribution >= 0.6 is 0 Å². The second-order valence-corrected chi connectivity index (χ2v) is 10.0. The Morgan fingerprint density at radius 2 is 1.66 bits per heavy atom. The van der Waals surface area contributed by atoms with Gasteiger partial charge in [0.05, 0.1) is 24.8 Å². The van der Waals surface area contributed by atoms with Gasteiger partial charge in [-0.1, -0.05) is 24.3 Å². The first kappa shape index (κ1) is 22.5. The zero-order valence-corrected chi connectivity index (χ0v) is 19.1. The molecule has 9 atom stereocenters. The standard InChI is InChI=1S/C26H25F2NO6/c1-2-34-26(33)16-10-29-18-8-13-14(23(31)12-6-4-3-5-11(12)22(13)30)9-19(18)35-25-20(28)17(27)7-15(21(25)29)24(16)32/h3-6,10,13-15,17-21,25H,2,7-9H2,1H3. The van der Waals surface area contributed by atoms with Crippen molar-refractivity contribution in [3.63, 3.8) is 0 Å². The number of alkyl halides is 2. The second kappa shape index (κ2) is 8.05. The smallest absolute Gasteiger partial charge is 0.343 e. The van der Waals surface area contributed by atoms with Gasteiger partial charge in [0.25, 0.3) is 0 Å². The Balaban J connectivity index is 1.42. The minimum absolute atomic E-state index is 0.0629. The monoisotopic (exact) mass is 485 g/mol. The molecular weight excluding hydrogens is 460 g/mol. The molecule has 9 unspecified atom stereocenters. The molecule has 5 aliphatic rings. The molecule has 1 aromatic carbocycles.